The van der Waals surface area contributed by atoms with E-state index in [0.717, 1.165) is 23.9 Å². The van der Waals surface area contributed by atoms with E-state index in [1.165, 1.54) is 0 Å². The number of rotatable bonds is 1. The smallest absolute Gasteiger partial charge is 0.266 e. The minimum atomic E-state index is -0.267. The van der Waals surface area contributed by atoms with Gasteiger partial charge in [-0.15, -0.1) is 0 Å². The zero-order valence-corrected chi connectivity index (χ0v) is 13.3. The first-order chi connectivity index (χ1) is 9.97. The average molecular weight is 353 g/mol. The number of nitrogens with zero attached hydrogens (tertiary/aromatic N) is 3. The van der Waals surface area contributed by atoms with Crippen molar-refractivity contribution in [3.05, 3.63) is 26.6 Å². The molecule has 2 heterocycles. The highest BCUT2D eigenvalue weighted by atomic mass is 79.9. The van der Waals surface area contributed by atoms with Crippen LogP contribution in [0, 0.1) is 6.92 Å². The number of anilines is 1. The van der Waals surface area contributed by atoms with E-state index in [-0.39, 0.29) is 23.7 Å². The number of aliphatic hydroxyl groups excluding tert-OH is 1. The van der Waals surface area contributed by atoms with Gasteiger partial charge in [-0.2, -0.15) is 4.98 Å². The van der Waals surface area contributed by atoms with Gasteiger partial charge in [-0.05, 0) is 54.6 Å². The van der Waals surface area contributed by atoms with Gasteiger partial charge in [0.25, 0.3) is 5.56 Å². The molecule has 6 nitrogen and oxygen atoms in total. The molecule has 1 aliphatic rings. The Bertz CT molecular complexity index is 751. The Kier molecular flexibility index (Phi) is 3.71. The van der Waals surface area contributed by atoms with Gasteiger partial charge in [-0.1, -0.05) is 0 Å². The lowest BCUT2D eigenvalue weighted by molar-refractivity contribution is 0.110. The first-order valence-corrected chi connectivity index (χ1v) is 7.79. The molecule has 0 saturated heterocycles. The molecular weight excluding hydrogens is 336 g/mol. The molecule has 7 heteroatoms. The van der Waals surface area contributed by atoms with E-state index in [2.05, 4.69) is 25.9 Å². The second-order valence-electron chi connectivity index (χ2n) is 5.53. The predicted octanol–water partition coefficient (Wildman–Crippen LogP) is 1.92. The summed E-state index contributed by atoms with van der Waals surface area (Å²) in [6.45, 7) is 1.85. The van der Waals surface area contributed by atoms with Gasteiger partial charge in [0.05, 0.1) is 16.3 Å². The topological polar surface area (TPSA) is 94.0 Å². The molecule has 0 radical (unpaired) electrons. The van der Waals surface area contributed by atoms with Crippen LogP contribution in [-0.4, -0.2) is 25.7 Å². The summed E-state index contributed by atoms with van der Waals surface area (Å²) in [6, 6.07) is 1.79. The third kappa shape index (κ3) is 2.55. The number of aryl methyl sites for hydroxylation is 1. The van der Waals surface area contributed by atoms with Gasteiger partial charge in [0.15, 0.2) is 0 Å². The molecule has 0 amide bonds. The molecule has 0 aliphatic heterocycles. The Balaban J connectivity index is 2.24. The van der Waals surface area contributed by atoms with E-state index in [4.69, 9.17) is 5.73 Å². The van der Waals surface area contributed by atoms with Gasteiger partial charge in [-0.3, -0.25) is 9.36 Å². The van der Waals surface area contributed by atoms with Gasteiger partial charge in [0.2, 0.25) is 5.95 Å². The van der Waals surface area contributed by atoms with E-state index in [0.29, 0.717) is 23.0 Å². The molecule has 3 rings (SSSR count). The van der Waals surface area contributed by atoms with Crippen molar-refractivity contribution in [3.63, 3.8) is 0 Å². The molecule has 1 fully saturated rings. The predicted molar refractivity (Wildman–Crippen MR) is 84.2 cm³/mol. The second kappa shape index (κ2) is 5.38. The lowest BCUT2D eigenvalue weighted by Gasteiger charge is -2.28. The van der Waals surface area contributed by atoms with Crippen LogP contribution in [0.1, 0.15) is 37.4 Å². The monoisotopic (exact) mass is 352 g/mol. The SMILES string of the molecule is Cc1nc(N)nc2c1cc(Br)c(=O)n2C1CCC(O)CC1. The van der Waals surface area contributed by atoms with Crippen molar-refractivity contribution in [1.29, 1.82) is 0 Å². The third-order valence-corrected chi connectivity index (χ3v) is 4.66. The average Bonchev–Trinajstić information content (AvgIpc) is 2.43. The van der Waals surface area contributed by atoms with E-state index < -0.39 is 0 Å². The van der Waals surface area contributed by atoms with Gasteiger partial charge in [0.1, 0.15) is 5.65 Å². The van der Waals surface area contributed by atoms with E-state index in [1.54, 1.807) is 10.6 Å². The summed E-state index contributed by atoms with van der Waals surface area (Å²) in [6.07, 6.45) is 2.65. The number of fused-ring (bicyclic) bond motifs is 1. The zero-order valence-electron chi connectivity index (χ0n) is 11.7. The van der Waals surface area contributed by atoms with Crippen LogP contribution in [-0.2, 0) is 0 Å². The molecule has 0 aromatic carbocycles. The van der Waals surface area contributed by atoms with Gasteiger partial charge in [0, 0.05) is 11.4 Å². The number of aliphatic hydroxyl groups is 1. The molecule has 1 saturated carbocycles. The van der Waals surface area contributed by atoms with Crippen molar-refractivity contribution in [2.75, 3.05) is 5.73 Å². The summed E-state index contributed by atoms with van der Waals surface area (Å²) in [4.78, 5) is 21.0. The summed E-state index contributed by atoms with van der Waals surface area (Å²) >= 11 is 3.33. The molecular formula is C14H17BrN4O2. The summed E-state index contributed by atoms with van der Waals surface area (Å²) in [7, 11) is 0. The van der Waals surface area contributed by atoms with E-state index >= 15 is 0 Å². The maximum absolute atomic E-state index is 12.5. The summed E-state index contributed by atoms with van der Waals surface area (Å²) < 4.78 is 2.20. The maximum Gasteiger partial charge on any atom is 0.266 e. The highest BCUT2D eigenvalue weighted by Gasteiger charge is 2.24. The lowest BCUT2D eigenvalue weighted by Crippen LogP contribution is -2.30. The number of hydrogen-bond acceptors (Lipinski definition) is 5. The minimum absolute atomic E-state index is 0.0367. The fourth-order valence-corrected chi connectivity index (χ4v) is 3.42. The Morgan fingerprint density at radius 1 is 1.33 bits per heavy atom. The van der Waals surface area contributed by atoms with Crippen LogP contribution in [0.15, 0.2) is 15.3 Å². The molecule has 0 spiro atoms. The molecule has 2 aromatic rings. The number of nitrogen functional groups attached to an aromatic ring is 1. The standard InChI is InChI=1S/C14H17BrN4O2/c1-7-10-6-11(15)13(21)19(12(10)18-14(16)17-7)8-2-4-9(20)5-3-8/h6,8-9,20H,2-5H2,1H3,(H2,16,17,18). The van der Waals surface area contributed by atoms with Crippen molar-refractivity contribution in [2.24, 2.45) is 0 Å². The van der Waals surface area contributed by atoms with Crippen LogP contribution >= 0.6 is 15.9 Å². The molecule has 1 aliphatic carbocycles. The minimum Gasteiger partial charge on any atom is -0.393 e. The van der Waals surface area contributed by atoms with Gasteiger partial charge >= 0.3 is 0 Å². The first kappa shape index (κ1) is 14.5. The Morgan fingerprint density at radius 3 is 2.67 bits per heavy atom. The largest absolute Gasteiger partial charge is 0.393 e. The number of pyridine rings is 1. The Labute approximate surface area is 130 Å². The van der Waals surface area contributed by atoms with E-state index in [1.807, 2.05) is 6.92 Å². The quantitative estimate of drug-likeness (QED) is 0.817. The van der Waals surface area contributed by atoms with Crippen LogP contribution < -0.4 is 11.3 Å². The Morgan fingerprint density at radius 2 is 2.00 bits per heavy atom. The summed E-state index contributed by atoms with van der Waals surface area (Å²) in [5.41, 5.74) is 6.97. The molecule has 0 bridgehead atoms. The highest BCUT2D eigenvalue weighted by Crippen LogP contribution is 2.30. The van der Waals surface area contributed by atoms with Crippen LogP contribution in [0.3, 0.4) is 0 Å². The van der Waals surface area contributed by atoms with Crippen LogP contribution in [0.5, 0.6) is 0 Å². The lowest BCUT2D eigenvalue weighted by atomic mass is 9.92. The first-order valence-electron chi connectivity index (χ1n) is 7.00. The maximum atomic E-state index is 12.5. The molecule has 2 aromatic heterocycles. The fraction of sp³-hybridized carbons (Fsp3) is 0.500. The van der Waals surface area contributed by atoms with Crippen molar-refractivity contribution in [3.8, 4) is 0 Å². The highest BCUT2D eigenvalue weighted by molar-refractivity contribution is 9.10. The van der Waals surface area contributed by atoms with Crippen molar-refractivity contribution >= 4 is 32.9 Å². The van der Waals surface area contributed by atoms with E-state index in [9.17, 15) is 9.90 Å². The zero-order chi connectivity index (χ0) is 15.1. The van der Waals surface area contributed by atoms with Gasteiger partial charge < -0.3 is 10.8 Å². The third-order valence-electron chi connectivity index (χ3n) is 4.09. The number of hydrogen-bond donors (Lipinski definition) is 2. The van der Waals surface area contributed by atoms with Crippen LogP contribution in [0.2, 0.25) is 0 Å². The molecule has 0 unspecified atom stereocenters. The van der Waals surface area contributed by atoms with Crippen molar-refractivity contribution in [1.82, 2.24) is 14.5 Å². The second-order valence-corrected chi connectivity index (χ2v) is 6.39. The molecule has 112 valence electrons. The van der Waals surface area contributed by atoms with Crippen LogP contribution in [0.25, 0.3) is 11.0 Å². The normalized spacial score (nSPS) is 22.6. The number of nitrogens with two attached hydrogens (primary N) is 1. The molecule has 21 heavy (non-hydrogen) atoms. The number of aromatic nitrogens is 3. The van der Waals surface area contributed by atoms with Crippen molar-refractivity contribution < 1.29 is 5.11 Å². The Hall–Kier alpha value is -1.47. The van der Waals surface area contributed by atoms with Gasteiger partial charge in [-0.25, -0.2) is 4.98 Å². The van der Waals surface area contributed by atoms with Crippen LogP contribution in [0.4, 0.5) is 5.95 Å². The number of halogens is 1. The van der Waals surface area contributed by atoms with Crippen molar-refractivity contribution in [2.45, 2.75) is 44.8 Å². The molecule has 0 atom stereocenters. The summed E-state index contributed by atoms with van der Waals surface area (Å²) in [5, 5.41) is 10.5. The molecule has 3 N–H and O–H groups in total. The fourth-order valence-electron chi connectivity index (χ4n) is 3.00. The summed E-state index contributed by atoms with van der Waals surface area (Å²) in [5.74, 6) is 0.173.